The van der Waals surface area contributed by atoms with E-state index in [1.54, 1.807) is 41.7 Å². The number of allylic oxidation sites excluding steroid dienone is 1. The van der Waals surface area contributed by atoms with E-state index in [0.29, 0.717) is 12.2 Å². The normalized spacial score (nSPS) is 16.9. The lowest BCUT2D eigenvalue weighted by molar-refractivity contribution is -0.146. The summed E-state index contributed by atoms with van der Waals surface area (Å²) in [6.45, 7) is -0.400. The summed E-state index contributed by atoms with van der Waals surface area (Å²) in [5.41, 5.74) is 1.77. The number of thiophene rings is 1. The molecule has 2 atom stereocenters. The highest BCUT2D eigenvalue weighted by Gasteiger charge is 2.31. The van der Waals surface area contributed by atoms with Crippen molar-refractivity contribution in [3.05, 3.63) is 107 Å². The number of nitrogens with one attached hydrogen (secondary N) is 1. The third kappa shape index (κ3) is 7.45. The lowest BCUT2D eigenvalue weighted by Crippen LogP contribution is -2.38. The lowest BCUT2D eigenvalue weighted by atomic mass is 9.92. The molecule has 2 N–H and O–H groups in total. The maximum atomic E-state index is 13.3. The summed E-state index contributed by atoms with van der Waals surface area (Å²) in [4.78, 5) is 13.3. The van der Waals surface area contributed by atoms with E-state index in [0.717, 1.165) is 25.5 Å². The van der Waals surface area contributed by atoms with Gasteiger partial charge in [-0.25, -0.2) is 12.8 Å². The molecule has 0 radical (unpaired) electrons. The quantitative estimate of drug-likeness (QED) is 0.216. The van der Waals surface area contributed by atoms with E-state index in [1.807, 2.05) is 24.3 Å². The summed E-state index contributed by atoms with van der Waals surface area (Å²) < 4.78 is 59.3. The highest BCUT2D eigenvalue weighted by molar-refractivity contribution is 7.89. The number of carbonyl (C=O) groups is 1. The Labute approximate surface area is 259 Å². The van der Waals surface area contributed by atoms with Gasteiger partial charge in [-0.15, -0.1) is 11.3 Å². The maximum absolute atomic E-state index is 13.3. The minimum Gasteiger partial charge on any atom is -0.497 e. The van der Waals surface area contributed by atoms with Crippen LogP contribution in [0.25, 0.3) is 10.1 Å². The minimum absolute atomic E-state index is 0.0400. The molecule has 4 aromatic rings. The Morgan fingerprint density at radius 2 is 1.84 bits per heavy atom. The van der Waals surface area contributed by atoms with E-state index in [4.69, 9.17) is 14.2 Å². The van der Waals surface area contributed by atoms with Crippen molar-refractivity contribution < 1.29 is 36.9 Å². The van der Waals surface area contributed by atoms with Crippen molar-refractivity contribution in [2.75, 3.05) is 33.4 Å². The second kappa shape index (κ2) is 14.3. The van der Waals surface area contributed by atoms with E-state index < -0.39 is 22.2 Å². The smallest absolute Gasteiger partial charge is 0.286 e. The summed E-state index contributed by atoms with van der Waals surface area (Å²) >= 11 is 1.61. The number of sulfonamides is 1. The molecular weight excluding hydrogens is 607 g/mol. The predicted octanol–water partition coefficient (Wildman–Crippen LogP) is 4.78. The number of aliphatic hydroxyl groups excluding tert-OH is 1. The second-order valence-electron chi connectivity index (χ2n) is 10.1. The van der Waals surface area contributed by atoms with Crippen LogP contribution in [0.4, 0.5) is 4.39 Å². The van der Waals surface area contributed by atoms with E-state index in [2.05, 4.69) is 10.7 Å². The molecule has 0 saturated carbocycles. The molecule has 0 saturated heterocycles. The minimum atomic E-state index is -3.92. The maximum Gasteiger partial charge on any atom is 0.286 e. The zero-order valence-electron chi connectivity index (χ0n) is 24.0. The Hall–Kier alpha value is -3.81. The van der Waals surface area contributed by atoms with Gasteiger partial charge in [0.2, 0.25) is 16.3 Å². The van der Waals surface area contributed by atoms with Gasteiger partial charge in [0.1, 0.15) is 11.6 Å². The van der Waals surface area contributed by atoms with Gasteiger partial charge in [0.25, 0.3) is 5.91 Å². The molecule has 12 heteroatoms. The number of benzene rings is 3. The first-order valence-corrected chi connectivity index (χ1v) is 16.3. The van der Waals surface area contributed by atoms with Crippen molar-refractivity contribution in [1.82, 2.24) is 9.62 Å². The number of fused-ring (bicyclic) bond motifs is 1. The van der Waals surface area contributed by atoms with E-state index in [9.17, 15) is 22.7 Å². The van der Waals surface area contributed by atoms with Gasteiger partial charge in [-0.3, -0.25) is 4.79 Å². The number of nitrogens with zero attached hydrogens (tertiary/aromatic N) is 1. The molecule has 9 nitrogen and oxygen atoms in total. The summed E-state index contributed by atoms with van der Waals surface area (Å²) in [7, 11) is -2.43. The molecule has 5 rings (SSSR count). The van der Waals surface area contributed by atoms with Crippen LogP contribution in [0.1, 0.15) is 23.5 Å². The van der Waals surface area contributed by atoms with Crippen LogP contribution < -0.4 is 10.1 Å². The first-order valence-electron chi connectivity index (χ1n) is 14.0. The van der Waals surface area contributed by atoms with Crippen LogP contribution in [0.2, 0.25) is 0 Å². The van der Waals surface area contributed by atoms with Crippen LogP contribution in [0.3, 0.4) is 0 Å². The summed E-state index contributed by atoms with van der Waals surface area (Å²) in [5.74, 6) is -0.404. The molecule has 0 spiro atoms. The van der Waals surface area contributed by atoms with Crippen molar-refractivity contribution in [1.29, 1.82) is 0 Å². The SMILES string of the molecule is COc1ccc(S(=O)(=O)N(CCO)CCO[C@@H]2C[C@H](c3csc4ccccc34)C=C(C(=O)NCc3ccc(F)cc3)O2)cc1. The van der Waals surface area contributed by atoms with Gasteiger partial charge in [-0.2, -0.15) is 4.31 Å². The van der Waals surface area contributed by atoms with Gasteiger partial charge in [0.05, 0.1) is 25.2 Å². The van der Waals surface area contributed by atoms with E-state index in [-0.39, 0.29) is 55.2 Å². The van der Waals surface area contributed by atoms with E-state index in [1.165, 1.54) is 31.4 Å². The Morgan fingerprint density at radius 3 is 2.57 bits per heavy atom. The molecule has 1 aromatic heterocycles. The second-order valence-corrected chi connectivity index (χ2v) is 12.9. The average Bonchev–Trinajstić information content (AvgIpc) is 3.48. The number of halogens is 1. The molecule has 0 aliphatic carbocycles. The number of hydrogen-bond donors (Lipinski definition) is 2. The Balaban J connectivity index is 1.30. The molecule has 0 fully saturated rings. The van der Waals surface area contributed by atoms with Gasteiger partial charge < -0.3 is 24.6 Å². The van der Waals surface area contributed by atoms with Crippen LogP contribution in [-0.4, -0.2) is 63.4 Å². The van der Waals surface area contributed by atoms with Crippen molar-refractivity contribution in [2.45, 2.75) is 30.1 Å². The van der Waals surface area contributed by atoms with Gasteiger partial charge in [0.15, 0.2) is 5.76 Å². The molecule has 0 bridgehead atoms. The van der Waals surface area contributed by atoms with Crippen LogP contribution in [0.15, 0.2) is 94.9 Å². The molecule has 1 aliphatic heterocycles. The summed E-state index contributed by atoms with van der Waals surface area (Å²) in [5, 5.41) is 15.5. The average molecular weight is 641 g/mol. The topological polar surface area (TPSA) is 114 Å². The van der Waals surface area contributed by atoms with Crippen LogP contribution in [-0.2, 0) is 30.8 Å². The van der Waals surface area contributed by atoms with Gasteiger partial charge in [-0.1, -0.05) is 30.3 Å². The molecule has 2 heterocycles. The number of ether oxygens (including phenoxy) is 3. The summed E-state index contributed by atoms with van der Waals surface area (Å²) in [6, 6.07) is 19.9. The number of carbonyl (C=O) groups excluding carboxylic acids is 1. The molecule has 3 aromatic carbocycles. The molecule has 232 valence electrons. The highest BCUT2D eigenvalue weighted by atomic mass is 32.2. The monoisotopic (exact) mass is 640 g/mol. The largest absolute Gasteiger partial charge is 0.497 e. The zero-order chi connectivity index (χ0) is 31.1. The van der Waals surface area contributed by atoms with Gasteiger partial charge in [0, 0.05) is 36.7 Å². The fourth-order valence-corrected chi connectivity index (χ4v) is 7.38. The standard InChI is InChI=1S/C32H33FN2O7S2/c1-40-25-10-12-26(13-11-25)44(38,39)35(14-16-36)15-17-41-31-19-23(28-21-43-30-5-3-2-4-27(28)30)18-29(42-31)32(37)34-20-22-6-8-24(33)9-7-22/h2-13,18,21,23,31,36H,14-17,19-20H2,1H3,(H,34,37)/t23-,31+/m1/s1. The molecular formula is C32H33FN2O7S2. The van der Waals surface area contributed by atoms with Crippen molar-refractivity contribution >= 4 is 37.4 Å². The molecule has 0 unspecified atom stereocenters. The first kappa shape index (κ1) is 31.6. The highest BCUT2D eigenvalue weighted by Crippen LogP contribution is 2.38. The number of rotatable bonds is 13. The molecule has 1 amide bonds. The van der Waals surface area contributed by atoms with Gasteiger partial charge >= 0.3 is 0 Å². The zero-order valence-corrected chi connectivity index (χ0v) is 25.7. The lowest BCUT2D eigenvalue weighted by Gasteiger charge is -2.30. The Kier molecular flexibility index (Phi) is 10.3. The fraction of sp³-hybridized carbons (Fsp3) is 0.281. The predicted molar refractivity (Wildman–Crippen MR) is 165 cm³/mol. The third-order valence-electron chi connectivity index (χ3n) is 7.25. The molecule has 1 aliphatic rings. The number of methoxy groups -OCH3 is 1. The Morgan fingerprint density at radius 1 is 1.09 bits per heavy atom. The third-order valence-corrected chi connectivity index (χ3v) is 10.1. The van der Waals surface area contributed by atoms with Crippen LogP contribution >= 0.6 is 11.3 Å². The van der Waals surface area contributed by atoms with Crippen LogP contribution in [0, 0.1) is 5.82 Å². The summed E-state index contributed by atoms with van der Waals surface area (Å²) in [6.07, 6.45) is 1.34. The van der Waals surface area contributed by atoms with Crippen molar-refractivity contribution in [3.63, 3.8) is 0 Å². The van der Waals surface area contributed by atoms with Crippen molar-refractivity contribution in [2.24, 2.45) is 0 Å². The molecule has 44 heavy (non-hydrogen) atoms. The Bertz CT molecular complexity index is 1710. The fourth-order valence-electron chi connectivity index (χ4n) is 4.94. The number of aliphatic hydroxyl groups is 1. The van der Waals surface area contributed by atoms with E-state index >= 15 is 0 Å². The number of amides is 1. The first-order chi connectivity index (χ1) is 21.3. The number of hydrogen-bond acceptors (Lipinski definition) is 8. The van der Waals surface area contributed by atoms with Crippen LogP contribution in [0.5, 0.6) is 5.75 Å². The van der Waals surface area contributed by atoms with Gasteiger partial charge in [-0.05, 0) is 70.4 Å². The van der Waals surface area contributed by atoms with Crippen molar-refractivity contribution in [3.8, 4) is 5.75 Å².